The predicted octanol–water partition coefficient (Wildman–Crippen LogP) is 10.1. The molecule has 0 aliphatic carbocycles. The van der Waals surface area contributed by atoms with Crippen LogP contribution in [0.15, 0.2) is 164 Å². The fraction of sp³-hybridized carbons (Fsp3) is 0. The Hall–Kier alpha value is -5.41. The van der Waals surface area contributed by atoms with Gasteiger partial charge in [-0.1, -0.05) is 0 Å². The molecule has 0 amide bonds. The van der Waals surface area contributed by atoms with Gasteiger partial charge in [0, 0.05) is 0 Å². The number of aromatic nitrogens is 3. The minimum atomic E-state index is 0.0627. The van der Waals surface area contributed by atoms with Crippen molar-refractivity contribution in [3.63, 3.8) is 0 Å². The number of benzene rings is 6. The molecule has 2 aromatic heterocycles. The van der Waals surface area contributed by atoms with E-state index in [9.17, 15) is 0 Å². The van der Waals surface area contributed by atoms with Crippen LogP contribution in [0.5, 0.6) is 0 Å². The molecule has 0 bridgehead atoms. The first-order chi connectivity index (χ1) is 22.4. The van der Waals surface area contributed by atoms with Crippen LogP contribution < -0.4 is 0 Å². The van der Waals surface area contributed by atoms with Crippen LogP contribution in [0.2, 0.25) is 0 Å². The van der Waals surface area contributed by atoms with Gasteiger partial charge in [-0.3, -0.25) is 0 Å². The Bertz CT molecular complexity index is 2240. The molecule has 3 nitrogen and oxygen atoms in total. The Morgan fingerprint density at radius 1 is 0.400 bits per heavy atom. The second kappa shape index (κ2) is 11.9. The van der Waals surface area contributed by atoms with Crippen molar-refractivity contribution in [1.29, 1.82) is 0 Å². The molecule has 0 N–H and O–H groups in total. The summed E-state index contributed by atoms with van der Waals surface area (Å²) in [5.74, 6) is 0. The zero-order valence-electron chi connectivity index (χ0n) is 24.3. The third-order valence-corrected chi connectivity index (χ3v) is 10.8. The van der Waals surface area contributed by atoms with Gasteiger partial charge in [0.2, 0.25) is 0 Å². The van der Waals surface area contributed by atoms with Crippen molar-refractivity contribution < 1.29 is 0 Å². The Kier molecular flexibility index (Phi) is 7.20. The van der Waals surface area contributed by atoms with E-state index < -0.39 is 0 Å². The van der Waals surface area contributed by atoms with Crippen LogP contribution >= 0.6 is 0 Å². The molecular formula is C41H27N3Se. The zero-order chi connectivity index (χ0) is 30.0. The molecule has 212 valence electrons. The van der Waals surface area contributed by atoms with E-state index in [1.54, 1.807) is 6.20 Å². The van der Waals surface area contributed by atoms with Gasteiger partial charge in [0.1, 0.15) is 0 Å². The van der Waals surface area contributed by atoms with Crippen LogP contribution in [0.4, 0.5) is 0 Å². The summed E-state index contributed by atoms with van der Waals surface area (Å²) < 4.78 is 2.73. The van der Waals surface area contributed by atoms with E-state index in [2.05, 4.69) is 167 Å². The molecule has 2 heterocycles. The summed E-state index contributed by atoms with van der Waals surface area (Å²) >= 11 is 0.0627. The molecular weight excluding hydrogens is 613 g/mol. The normalized spacial score (nSPS) is 11.1. The molecule has 8 rings (SSSR count). The van der Waals surface area contributed by atoms with Crippen molar-refractivity contribution in [2.75, 3.05) is 0 Å². The van der Waals surface area contributed by atoms with Crippen molar-refractivity contribution in [1.82, 2.24) is 15.4 Å². The molecule has 45 heavy (non-hydrogen) atoms. The Balaban J connectivity index is 1.50. The van der Waals surface area contributed by atoms with Crippen LogP contribution in [0.25, 0.3) is 75.4 Å². The van der Waals surface area contributed by atoms with Gasteiger partial charge in [-0.2, -0.15) is 0 Å². The van der Waals surface area contributed by atoms with Crippen LogP contribution in [-0.2, 0) is 0 Å². The van der Waals surface area contributed by atoms with Gasteiger partial charge in [0.05, 0.1) is 0 Å². The van der Waals surface area contributed by atoms with Gasteiger partial charge in [0.25, 0.3) is 0 Å². The van der Waals surface area contributed by atoms with E-state index in [0.29, 0.717) is 0 Å². The number of hydrogen-bond donors (Lipinski definition) is 0. The topological polar surface area (TPSA) is 38.7 Å². The monoisotopic (exact) mass is 641 g/mol. The average Bonchev–Trinajstić information content (AvgIpc) is 3.52. The molecule has 0 saturated carbocycles. The van der Waals surface area contributed by atoms with Crippen molar-refractivity contribution >= 4 is 24.1 Å². The summed E-state index contributed by atoms with van der Waals surface area (Å²) in [5, 5.41) is 14.1. The molecule has 0 atom stereocenters. The molecule has 0 radical (unpaired) electrons. The standard InChI is InChI=1S/C41H27N3Se/c1-4-14-28(15-5-1)31-20-10-11-21-33(31)39-34-22-12-13-23-37(34)45-41(39)35-25-24-32(29-16-6-2-7-17-29)38(30-18-8-3-9-19-30)40(35)36-26-27-42-44-43-36/h1-27H. The fourth-order valence-corrected chi connectivity index (χ4v) is 8.89. The maximum absolute atomic E-state index is 4.64. The van der Waals surface area contributed by atoms with Gasteiger partial charge in [-0.25, -0.2) is 0 Å². The number of rotatable bonds is 6. The predicted molar refractivity (Wildman–Crippen MR) is 187 cm³/mol. The van der Waals surface area contributed by atoms with Gasteiger partial charge in [0.15, 0.2) is 0 Å². The second-order valence-corrected chi connectivity index (χ2v) is 13.1. The van der Waals surface area contributed by atoms with Crippen LogP contribution in [0, 0.1) is 0 Å². The number of fused-ring (bicyclic) bond motifs is 1. The van der Waals surface area contributed by atoms with E-state index in [4.69, 9.17) is 0 Å². The van der Waals surface area contributed by atoms with Crippen molar-refractivity contribution in [3.8, 4) is 65.8 Å². The Labute approximate surface area is 268 Å². The van der Waals surface area contributed by atoms with Crippen LogP contribution in [-0.4, -0.2) is 29.9 Å². The average molecular weight is 641 g/mol. The van der Waals surface area contributed by atoms with Gasteiger partial charge >= 0.3 is 269 Å². The molecule has 0 fully saturated rings. The van der Waals surface area contributed by atoms with Gasteiger partial charge in [-0.15, -0.1) is 0 Å². The van der Waals surface area contributed by atoms with Crippen molar-refractivity contribution in [2.24, 2.45) is 0 Å². The number of hydrogen-bond acceptors (Lipinski definition) is 3. The maximum atomic E-state index is 4.64. The quantitative estimate of drug-likeness (QED) is 0.170. The van der Waals surface area contributed by atoms with E-state index in [-0.39, 0.29) is 14.5 Å². The molecule has 0 unspecified atom stereocenters. The first-order valence-electron chi connectivity index (χ1n) is 15.0. The summed E-state index contributed by atoms with van der Waals surface area (Å²) in [6.45, 7) is 0. The van der Waals surface area contributed by atoms with Crippen molar-refractivity contribution in [3.05, 3.63) is 164 Å². The fourth-order valence-electron chi connectivity index (χ4n) is 6.27. The summed E-state index contributed by atoms with van der Waals surface area (Å²) in [6.07, 6.45) is 1.74. The molecule has 4 heteroatoms. The second-order valence-electron chi connectivity index (χ2n) is 10.9. The minimum absolute atomic E-state index is 0.0627. The molecule has 0 spiro atoms. The summed E-state index contributed by atoms with van der Waals surface area (Å²) in [7, 11) is 0. The van der Waals surface area contributed by atoms with Crippen LogP contribution in [0.3, 0.4) is 0 Å². The van der Waals surface area contributed by atoms with E-state index in [0.717, 1.165) is 33.5 Å². The molecule has 8 aromatic rings. The van der Waals surface area contributed by atoms with E-state index in [1.165, 1.54) is 41.9 Å². The Morgan fingerprint density at radius 2 is 0.978 bits per heavy atom. The zero-order valence-corrected chi connectivity index (χ0v) is 26.1. The first-order valence-corrected chi connectivity index (χ1v) is 16.7. The van der Waals surface area contributed by atoms with Gasteiger partial charge < -0.3 is 0 Å². The van der Waals surface area contributed by atoms with Crippen LogP contribution in [0.1, 0.15) is 0 Å². The first kappa shape index (κ1) is 27.2. The van der Waals surface area contributed by atoms with E-state index >= 15 is 0 Å². The summed E-state index contributed by atoms with van der Waals surface area (Å²) in [4.78, 5) is 0. The molecule has 6 aromatic carbocycles. The summed E-state index contributed by atoms with van der Waals surface area (Å²) in [6, 6.07) is 56.3. The number of nitrogens with zero attached hydrogens (tertiary/aromatic N) is 3. The SMILES string of the molecule is c1ccc(-c2ccccc2-c2c(-c3ccc(-c4ccccc4)c(-c4ccccc4)c3-c3ccnnn3)[se]c3ccccc23)cc1. The van der Waals surface area contributed by atoms with Crippen molar-refractivity contribution in [2.45, 2.75) is 0 Å². The van der Waals surface area contributed by atoms with E-state index in [1.807, 2.05) is 6.07 Å². The van der Waals surface area contributed by atoms with Gasteiger partial charge in [-0.05, 0) is 0 Å². The summed E-state index contributed by atoms with van der Waals surface area (Å²) in [5.41, 5.74) is 12.7. The molecule has 0 aliphatic heterocycles. The third-order valence-electron chi connectivity index (χ3n) is 8.23. The third kappa shape index (κ3) is 5.01. The molecule has 0 aliphatic rings. The Morgan fingerprint density at radius 3 is 1.67 bits per heavy atom. The molecule has 0 saturated heterocycles.